The molecule has 26 heavy (non-hydrogen) atoms. The average molecular weight is 389 g/mol. The molecule has 0 aliphatic heterocycles. The van der Waals surface area contributed by atoms with Crippen LogP contribution in [0.15, 0.2) is 17.5 Å². The van der Waals surface area contributed by atoms with Crippen molar-refractivity contribution >= 4 is 11.7 Å². The number of oxime groups is 1. The van der Waals surface area contributed by atoms with Gasteiger partial charge in [-0.1, -0.05) is 48.9 Å². The predicted molar refractivity (Wildman–Crippen MR) is 120 cm³/mol. The van der Waals surface area contributed by atoms with Gasteiger partial charge >= 0.3 is 5.97 Å². The first-order chi connectivity index (χ1) is 9.58. The van der Waals surface area contributed by atoms with Gasteiger partial charge in [0.25, 0.3) is 0 Å². The van der Waals surface area contributed by atoms with Crippen LogP contribution in [0, 0.1) is 0 Å². The Bertz CT molecular complexity index is 251. The van der Waals surface area contributed by atoms with Gasteiger partial charge in [-0.3, -0.25) is 4.79 Å². The number of allylic oxidation sites excluding steroid dienone is 1. The van der Waals surface area contributed by atoms with E-state index in [2.05, 4.69) is 30.9 Å². The molecule has 7 nitrogen and oxygen atoms in total. The summed E-state index contributed by atoms with van der Waals surface area (Å²) in [5.74, 6) is 0.509. The van der Waals surface area contributed by atoms with Crippen LogP contribution in [0.2, 0.25) is 0 Å². The van der Waals surface area contributed by atoms with E-state index in [9.17, 15) is 4.79 Å². The Labute approximate surface area is 166 Å². The van der Waals surface area contributed by atoms with E-state index in [4.69, 9.17) is 0 Å². The molecule has 0 saturated heterocycles. The van der Waals surface area contributed by atoms with Gasteiger partial charge in [-0.25, -0.2) is 0 Å². The lowest BCUT2D eigenvalue weighted by molar-refractivity contribution is -0.137. The highest BCUT2D eigenvalue weighted by Gasteiger charge is 1.75. The van der Waals surface area contributed by atoms with Crippen molar-refractivity contribution in [3.8, 4) is 0 Å². The Kier molecular flexibility index (Phi) is 107. The van der Waals surface area contributed by atoms with E-state index < -0.39 is 0 Å². The number of methoxy groups -OCH3 is 2. The van der Waals surface area contributed by atoms with Gasteiger partial charge in [0.05, 0.1) is 32.8 Å². The Morgan fingerprint density at radius 3 is 1.04 bits per heavy atom. The zero-order valence-corrected chi connectivity index (χ0v) is 15.1. The minimum Gasteiger partial charge on any atom is -0.502 e. The Morgan fingerprint density at radius 2 is 1.04 bits per heavy atom. The topological polar surface area (TPSA) is 69.6 Å². The van der Waals surface area contributed by atoms with Gasteiger partial charge < -0.3 is 19.1 Å². The molecule has 0 amide bonds. The summed E-state index contributed by atoms with van der Waals surface area (Å²) in [6, 6.07) is 0. The van der Waals surface area contributed by atoms with Gasteiger partial charge in [0, 0.05) is 21.0 Å². The largest absolute Gasteiger partial charge is 0.502 e. The molecule has 0 aromatic carbocycles. The Morgan fingerprint density at radius 1 is 0.808 bits per heavy atom. The number of ether oxygens (including phenoxy) is 2. The van der Waals surface area contributed by atoms with Crippen molar-refractivity contribution in [1.82, 2.24) is 5.06 Å². The van der Waals surface area contributed by atoms with Crippen molar-refractivity contribution in [2.24, 2.45) is 5.16 Å². The van der Waals surface area contributed by atoms with Crippen molar-refractivity contribution in [2.75, 3.05) is 42.5 Å². The smallest absolute Gasteiger partial charge is 0.302 e. The molecule has 0 aliphatic rings. The first-order valence-electron chi connectivity index (χ1n) is 6.08. The Balaban J connectivity index is -0.0000000199. The van der Waals surface area contributed by atoms with E-state index in [1.807, 2.05) is 27.9 Å². The van der Waals surface area contributed by atoms with Crippen LogP contribution in [0.25, 0.3) is 0 Å². The summed E-state index contributed by atoms with van der Waals surface area (Å²) in [6.07, 6.45) is 0. The van der Waals surface area contributed by atoms with Gasteiger partial charge in [0.2, 0.25) is 0 Å². The standard InChI is InChI=1S/C4H9NO.C4H8O.C3H9NO.C3H6O2.5CH4/c1-4(2)5-6-3;2*1-4(2)5-3;1-3(4)5-2;;;;;/h1-3H3;1H2,2-3H3;1-3H3;1-2H3;5*1H4. The lowest BCUT2D eigenvalue weighted by atomic mass is 10.5. The molecule has 0 heterocycles. The van der Waals surface area contributed by atoms with Crippen molar-refractivity contribution in [3.63, 3.8) is 0 Å². The van der Waals surface area contributed by atoms with Crippen LogP contribution in [0.4, 0.5) is 0 Å². The van der Waals surface area contributed by atoms with Crippen LogP contribution >= 0.6 is 0 Å². The average Bonchev–Trinajstić information content (AvgIpc) is 2.40. The number of hydrogen-bond donors (Lipinski definition) is 0. The fourth-order valence-electron chi connectivity index (χ4n) is 0.183. The van der Waals surface area contributed by atoms with Crippen molar-refractivity contribution in [2.45, 2.75) is 64.8 Å². The van der Waals surface area contributed by atoms with Gasteiger partial charge in [-0.05, 0) is 20.8 Å². The summed E-state index contributed by atoms with van der Waals surface area (Å²) in [6.45, 7) is 10.4. The Hall–Kier alpha value is -1.60. The monoisotopic (exact) mass is 388 g/mol. The van der Waals surface area contributed by atoms with E-state index in [1.54, 1.807) is 26.2 Å². The summed E-state index contributed by atoms with van der Waals surface area (Å²) in [7, 11) is 9.78. The zero-order valence-electron chi connectivity index (χ0n) is 15.1. The van der Waals surface area contributed by atoms with Gasteiger partial charge in [0.1, 0.15) is 7.11 Å². The number of esters is 1. The van der Waals surface area contributed by atoms with Gasteiger partial charge in [-0.2, -0.15) is 5.06 Å². The van der Waals surface area contributed by atoms with Crippen molar-refractivity contribution in [3.05, 3.63) is 12.3 Å². The second-order valence-electron chi connectivity index (χ2n) is 3.82. The van der Waals surface area contributed by atoms with E-state index in [-0.39, 0.29) is 43.1 Å². The van der Waals surface area contributed by atoms with Crippen molar-refractivity contribution < 1.29 is 23.9 Å². The third-order valence-corrected chi connectivity index (χ3v) is 1.27. The highest BCUT2D eigenvalue weighted by molar-refractivity contribution is 5.78. The lowest BCUT2D eigenvalue weighted by Crippen LogP contribution is -2.07. The van der Waals surface area contributed by atoms with Crippen LogP contribution in [0.3, 0.4) is 0 Å². The van der Waals surface area contributed by atoms with E-state index in [0.717, 1.165) is 11.5 Å². The SMILES string of the molecule is C.C.C.C.C.C=C(C)OC.COC(C)=O.CON(C)C.CON=C(C)C. The number of hydrogen-bond acceptors (Lipinski definition) is 7. The molecule has 0 unspecified atom stereocenters. The molecular formula is C19H52N2O5. The molecule has 168 valence electrons. The fraction of sp³-hybridized carbons (Fsp3) is 0.789. The van der Waals surface area contributed by atoms with Crippen LogP contribution in [0.1, 0.15) is 64.8 Å². The molecule has 0 N–H and O–H groups in total. The summed E-state index contributed by atoms with van der Waals surface area (Å²) in [5, 5.41) is 5.17. The van der Waals surface area contributed by atoms with Crippen LogP contribution in [-0.4, -0.2) is 59.3 Å². The second-order valence-corrected chi connectivity index (χ2v) is 3.82. The number of rotatable bonds is 3. The molecule has 0 rings (SSSR count). The first-order valence-corrected chi connectivity index (χ1v) is 6.08. The molecule has 0 spiro atoms. The van der Waals surface area contributed by atoms with Crippen LogP contribution < -0.4 is 0 Å². The zero-order chi connectivity index (χ0) is 17.8. The minimum absolute atomic E-state index is 0. The summed E-state index contributed by atoms with van der Waals surface area (Å²) in [4.78, 5) is 18.6. The fourth-order valence-corrected chi connectivity index (χ4v) is 0.183. The lowest BCUT2D eigenvalue weighted by Gasteiger charge is -2.01. The molecular weight excluding hydrogens is 336 g/mol. The molecule has 0 radical (unpaired) electrons. The summed E-state index contributed by atoms with van der Waals surface area (Å²) in [5.41, 5.74) is 0.942. The summed E-state index contributed by atoms with van der Waals surface area (Å²) < 4.78 is 8.67. The molecule has 0 fully saturated rings. The minimum atomic E-state index is -0.245. The second kappa shape index (κ2) is 49.5. The van der Waals surface area contributed by atoms with E-state index in [1.165, 1.54) is 21.1 Å². The predicted octanol–water partition coefficient (Wildman–Crippen LogP) is 5.66. The highest BCUT2D eigenvalue weighted by Crippen LogP contribution is 1.80. The maximum absolute atomic E-state index is 9.59. The third kappa shape index (κ3) is 187. The van der Waals surface area contributed by atoms with E-state index in [0.29, 0.717) is 0 Å². The molecule has 0 bridgehead atoms. The van der Waals surface area contributed by atoms with Crippen LogP contribution in [0.5, 0.6) is 0 Å². The number of carbonyl (C=O) groups excluding carboxylic acids is 1. The molecule has 0 atom stereocenters. The normalized spacial score (nSPS) is 6.12. The quantitative estimate of drug-likeness (QED) is 0.269. The summed E-state index contributed by atoms with van der Waals surface area (Å²) >= 11 is 0. The molecule has 0 aromatic heterocycles. The first kappa shape index (κ1) is 56.3. The number of nitrogens with zero attached hydrogens (tertiary/aromatic N) is 2. The highest BCUT2D eigenvalue weighted by atomic mass is 16.7. The van der Waals surface area contributed by atoms with Gasteiger partial charge in [0.15, 0.2) is 0 Å². The van der Waals surface area contributed by atoms with Gasteiger partial charge in [-0.15, -0.1) is 0 Å². The maximum atomic E-state index is 9.59. The van der Waals surface area contributed by atoms with Crippen LogP contribution in [-0.2, 0) is 23.9 Å². The third-order valence-electron chi connectivity index (χ3n) is 1.27. The number of carbonyl (C=O) groups is 1. The maximum Gasteiger partial charge on any atom is 0.302 e. The van der Waals surface area contributed by atoms with E-state index >= 15 is 0 Å². The molecule has 0 saturated carbocycles. The van der Waals surface area contributed by atoms with Crippen molar-refractivity contribution in [1.29, 1.82) is 0 Å². The molecule has 0 aromatic rings. The number of hydroxylamine groups is 2. The molecule has 0 aliphatic carbocycles. The molecule has 7 heteroatoms.